The lowest BCUT2D eigenvalue weighted by Gasteiger charge is -2.60. The molecule has 0 unspecified atom stereocenters. The zero-order chi connectivity index (χ0) is 16.2. The molecule has 0 spiro atoms. The molecule has 3 aliphatic rings. The molecule has 4 rings (SSSR count). The maximum Gasteiger partial charge on any atom is 0.115 e. The van der Waals surface area contributed by atoms with Gasteiger partial charge in [-0.25, -0.2) is 0 Å². The lowest BCUT2D eigenvalue weighted by Crippen LogP contribution is -2.70. The Morgan fingerprint density at radius 3 is 2.87 bits per heavy atom. The molecule has 124 valence electrons. The number of benzene rings is 1. The topological polar surface area (TPSA) is 43.7 Å². The molecule has 0 radical (unpaired) electrons. The van der Waals surface area contributed by atoms with Crippen molar-refractivity contribution in [2.45, 2.75) is 56.1 Å². The molecular formula is C20H27NO2. The van der Waals surface area contributed by atoms with Gasteiger partial charge in [0.1, 0.15) is 5.75 Å². The van der Waals surface area contributed by atoms with Gasteiger partial charge in [0.05, 0.1) is 5.60 Å². The first-order chi connectivity index (χ1) is 11.0. The van der Waals surface area contributed by atoms with E-state index in [1.165, 1.54) is 18.4 Å². The Balaban J connectivity index is 1.81. The number of aliphatic hydroxyl groups is 1. The van der Waals surface area contributed by atoms with Crippen LogP contribution in [0, 0.1) is 5.92 Å². The van der Waals surface area contributed by atoms with Crippen molar-refractivity contribution in [2.75, 3.05) is 13.1 Å². The van der Waals surface area contributed by atoms with E-state index in [1.807, 2.05) is 25.1 Å². The summed E-state index contributed by atoms with van der Waals surface area (Å²) in [5.41, 5.74) is 1.28. The fourth-order valence-corrected chi connectivity index (χ4v) is 5.06. The van der Waals surface area contributed by atoms with Gasteiger partial charge >= 0.3 is 0 Å². The van der Waals surface area contributed by atoms with Crippen molar-refractivity contribution in [3.8, 4) is 5.75 Å². The molecule has 2 fully saturated rings. The molecule has 2 bridgehead atoms. The second kappa shape index (κ2) is 5.09. The molecule has 1 heterocycles. The van der Waals surface area contributed by atoms with E-state index >= 15 is 0 Å². The fraction of sp³-hybridized carbons (Fsp3) is 0.600. The molecule has 2 N–H and O–H groups in total. The van der Waals surface area contributed by atoms with Gasteiger partial charge in [-0.05, 0) is 74.8 Å². The van der Waals surface area contributed by atoms with Gasteiger partial charge in [-0.1, -0.05) is 12.1 Å². The smallest absolute Gasteiger partial charge is 0.115 e. The number of piperidine rings is 1. The summed E-state index contributed by atoms with van der Waals surface area (Å²) < 4.78 is 0. The third kappa shape index (κ3) is 2.17. The Bertz CT molecular complexity index is 635. The third-order valence-electron chi connectivity index (χ3n) is 6.59. The van der Waals surface area contributed by atoms with Crippen LogP contribution in [-0.2, 0) is 11.8 Å². The lowest BCUT2D eigenvalue weighted by atomic mass is 9.54. The molecule has 3 heteroatoms. The standard InChI is InChI=1S/C20H27NO2/c1-3-8-20-9-10-21(13-14-4-5-14)18(19(20,2)23)11-15-6-7-16(22)12-17(15)20/h3,6-7,12,14,18,22-23H,1,4-5,8-11,13H2,2H3/t18-,19-,20+/m0/s1. The van der Waals surface area contributed by atoms with Gasteiger partial charge in [-0.2, -0.15) is 0 Å². The number of hydrogen-bond acceptors (Lipinski definition) is 3. The summed E-state index contributed by atoms with van der Waals surface area (Å²) >= 11 is 0. The zero-order valence-corrected chi connectivity index (χ0v) is 14.0. The van der Waals surface area contributed by atoms with Crippen LogP contribution in [0.4, 0.5) is 0 Å². The van der Waals surface area contributed by atoms with Crippen molar-refractivity contribution in [3.05, 3.63) is 42.0 Å². The lowest BCUT2D eigenvalue weighted by molar-refractivity contribution is -0.134. The fourth-order valence-electron chi connectivity index (χ4n) is 5.06. The van der Waals surface area contributed by atoms with E-state index in [4.69, 9.17) is 0 Å². The summed E-state index contributed by atoms with van der Waals surface area (Å²) in [6, 6.07) is 5.86. The van der Waals surface area contributed by atoms with Crippen molar-refractivity contribution < 1.29 is 10.2 Å². The van der Waals surface area contributed by atoms with E-state index in [0.717, 1.165) is 43.8 Å². The Kier molecular flexibility index (Phi) is 3.37. The first-order valence-corrected chi connectivity index (χ1v) is 8.87. The van der Waals surface area contributed by atoms with Crippen molar-refractivity contribution in [1.29, 1.82) is 0 Å². The van der Waals surface area contributed by atoms with Crippen LogP contribution in [-0.4, -0.2) is 39.8 Å². The first-order valence-electron chi connectivity index (χ1n) is 8.87. The van der Waals surface area contributed by atoms with Crippen molar-refractivity contribution in [2.24, 2.45) is 5.92 Å². The summed E-state index contributed by atoms with van der Waals surface area (Å²) in [7, 11) is 0. The molecule has 23 heavy (non-hydrogen) atoms. The summed E-state index contributed by atoms with van der Waals surface area (Å²) in [5, 5.41) is 21.6. The maximum absolute atomic E-state index is 11.6. The quantitative estimate of drug-likeness (QED) is 0.840. The zero-order valence-electron chi connectivity index (χ0n) is 14.0. The number of phenols is 1. The first kappa shape index (κ1) is 15.2. The van der Waals surface area contributed by atoms with Gasteiger partial charge in [0, 0.05) is 18.0 Å². The van der Waals surface area contributed by atoms with Crippen LogP contribution in [0.2, 0.25) is 0 Å². The number of phenolic OH excluding ortho intramolecular Hbond substituents is 1. The highest BCUT2D eigenvalue weighted by Crippen LogP contribution is 2.54. The minimum absolute atomic E-state index is 0.161. The van der Waals surface area contributed by atoms with Crippen LogP contribution in [0.25, 0.3) is 0 Å². The normalized spacial score (nSPS) is 36.5. The largest absolute Gasteiger partial charge is 0.508 e. The highest BCUT2D eigenvalue weighted by Gasteiger charge is 2.59. The number of likely N-dealkylation sites (tertiary alicyclic amines) is 1. The van der Waals surface area contributed by atoms with Crippen molar-refractivity contribution in [1.82, 2.24) is 4.90 Å². The predicted octanol–water partition coefficient (Wildman–Crippen LogP) is 3.00. The highest BCUT2D eigenvalue weighted by atomic mass is 16.3. The number of allylic oxidation sites excluding steroid dienone is 1. The summed E-state index contributed by atoms with van der Waals surface area (Å²) in [4.78, 5) is 2.52. The van der Waals surface area contributed by atoms with Gasteiger partial charge in [0.15, 0.2) is 0 Å². The molecule has 0 aromatic heterocycles. The number of nitrogens with zero attached hydrogens (tertiary/aromatic N) is 1. The summed E-state index contributed by atoms with van der Waals surface area (Å²) in [5.74, 6) is 1.13. The van der Waals surface area contributed by atoms with E-state index in [1.54, 1.807) is 6.07 Å². The average molecular weight is 313 g/mol. The maximum atomic E-state index is 11.6. The molecule has 1 aromatic rings. The van der Waals surface area contributed by atoms with E-state index in [2.05, 4.69) is 11.5 Å². The average Bonchev–Trinajstić information content (AvgIpc) is 3.30. The molecule has 1 aliphatic heterocycles. The van der Waals surface area contributed by atoms with E-state index in [9.17, 15) is 10.2 Å². The van der Waals surface area contributed by atoms with Gasteiger partial charge in [-0.15, -0.1) is 6.58 Å². The van der Waals surface area contributed by atoms with Crippen LogP contribution in [0.5, 0.6) is 5.75 Å². The Hall–Kier alpha value is -1.32. The molecular weight excluding hydrogens is 286 g/mol. The monoisotopic (exact) mass is 313 g/mol. The molecule has 0 amide bonds. The second-order valence-electron chi connectivity index (χ2n) is 7.97. The number of fused-ring (bicyclic) bond motifs is 4. The van der Waals surface area contributed by atoms with Crippen molar-refractivity contribution in [3.63, 3.8) is 0 Å². The molecule has 3 nitrogen and oxygen atoms in total. The minimum Gasteiger partial charge on any atom is -0.508 e. The molecule has 1 aromatic carbocycles. The van der Waals surface area contributed by atoms with E-state index < -0.39 is 5.60 Å². The number of rotatable bonds is 4. The van der Waals surface area contributed by atoms with Crippen molar-refractivity contribution >= 4 is 0 Å². The van der Waals surface area contributed by atoms with Crippen LogP contribution in [0.1, 0.15) is 43.7 Å². The molecule has 1 saturated carbocycles. The van der Waals surface area contributed by atoms with E-state index in [0.29, 0.717) is 5.75 Å². The molecule has 1 saturated heterocycles. The Labute approximate surface area is 138 Å². The molecule has 2 aliphatic carbocycles. The third-order valence-corrected chi connectivity index (χ3v) is 6.59. The van der Waals surface area contributed by atoms with Crippen LogP contribution in [0.3, 0.4) is 0 Å². The van der Waals surface area contributed by atoms with Gasteiger partial charge in [0.25, 0.3) is 0 Å². The summed E-state index contributed by atoms with van der Waals surface area (Å²) in [6.07, 6.45) is 7.16. The number of hydrogen-bond donors (Lipinski definition) is 2. The van der Waals surface area contributed by atoms with Crippen LogP contribution >= 0.6 is 0 Å². The second-order valence-corrected chi connectivity index (χ2v) is 7.97. The van der Waals surface area contributed by atoms with Crippen LogP contribution < -0.4 is 0 Å². The Morgan fingerprint density at radius 2 is 2.17 bits per heavy atom. The summed E-state index contributed by atoms with van der Waals surface area (Å²) in [6.45, 7) is 8.11. The van der Waals surface area contributed by atoms with Gasteiger partial charge < -0.3 is 10.2 Å². The Morgan fingerprint density at radius 1 is 1.39 bits per heavy atom. The van der Waals surface area contributed by atoms with Gasteiger partial charge in [-0.3, -0.25) is 4.90 Å². The minimum atomic E-state index is -0.797. The SMILES string of the molecule is C=CC[C@@]12CCN(CC3CC3)[C@@H](Cc3ccc(O)cc31)[C@]2(C)O. The molecule has 3 atom stereocenters. The van der Waals surface area contributed by atoms with E-state index in [-0.39, 0.29) is 11.5 Å². The van der Waals surface area contributed by atoms with Crippen LogP contribution in [0.15, 0.2) is 30.9 Å². The highest BCUT2D eigenvalue weighted by molar-refractivity contribution is 5.47. The predicted molar refractivity (Wildman–Crippen MR) is 91.6 cm³/mol. The van der Waals surface area contributed by atoms with Gasteiger partial charge in [0.2, 0.25) is 0 Å². The number of aromatic hydroxyl groups is 1.